The summed E-state index contributed by atoms with van der Waals surface area (Å²) in [5.74, 6) is 0.630. The first-order chi connectivity index (χ1) is 15.7. The molecule has 1 N–H and O–H groups in total. The van der Waals surface area contributed by atoms with E-state index in [1.165, 1.54) is 23.5 Å². The zero-order valence-electron chi connectivity index (χ0n) is 19.0. The molecular weight excluding hydrogens is 443 g/mol. The summed E-state index contributed by atoms with van der Waals surface area (Å²) in [6, 6.07) is 12.3. The predicted molar refractivity (Wildman–Crippen MR) is 126 cm³/mol. The fourth-order valence-electron chi connectivity index (χ4n) is 3.49. The molecule has 7 nitrogen and oxygen atoms in total. The molecule has 1 aromatic heterocycles. The Morgan fingerprint density at radius 2 is 1.91 bits per heavy atom. The van der Waals surface area contributed by atoms with Crippen molar-refractivity contribution in [3.63, 3.8) is 0 Å². The van der Waals surface area contributed by atoms with E-state index in [0.29, 0.717) is 24.6 Å². The molecule has 0 saturated heterocycles. The van der Waals surface area contributed by atoms with E-state index >= 15 is 0 Å². The van der Waals surface area contributed by atoms with Crippen LogP contribution in [0.15, 0.2) is 65.8 Å². The number of halogens is 1. The van der Waals surface area contributed by atoms with Crippen LogP contribution in [0.25, 0.3) is 0 Å². The molecule has 33 heavy (non-hydrogen) atoms. The lowest BCUT2D eigenvalue weighted by atomic mass is 10.1. The summed E-state index contributed by atoms with van der Waals surface area (Å²) in [6.45, 7) is 5.02. The molecule has 1 amide bonds. The normalized spacial score (nSPS) is 11.8. The van der Waals surface area contributed by atoms with Crippen molar-refractivity contribution in [1.29, 1.82) is 0 Å². The number of benzene rings is 2. The highest BCUT2D eigenvalue weighted by atomic mass is 32.2. The lowest BCUT2D eigenvalue weighted by Crippen LogP contribution is -2.28. The Morgan fingerprint density at radius 1 is 1.18 bits per heavy atom. The minimum absolute atomic E-state index is 0.0196. The lowest BCUT2D eigenvalue weighted by Gasteiger charge is -2.17. The second kappa shape index (κ2) is 10.7. The molecule has 176 valence electrons. The van der Waals surface area contributed by atoms with Crippen LogP contribution in [0.4, 0.5) is 10.1 Å². The molecular formula is C24H29FN4O3S. The number of nitrogens with zero attached hydrogens (tertiary/aromatic N) is 3. The van der Waals surface area contributed by atoms with Gasteiger partial charge in [-0.15, -0.1) is 0 Å². The molecule has 2 aromatic carbocycles. The van der Waals surface area contributed by atoms with Gasteiger partial charge in [0, 0.05) is 50.6 Å². The van der Waals surface area contributed by atoms with E-state index in [0.717, 1.165) is 23.5 Å². The number of sulfonamides is 1. The van der Waals surface area contributed by atoms with Gasteiger partial charge in [-0.1, -0.05) is 26.0 Å². The molecule has 0 unspecified atom stereocenters. The molecule has 0 aliphatic carbocycles. The maximum Gasteiger partial charge on any atom is 0.242 e. The summed E-state index contributed by atoms with van der Waals surface area (Å²) >= 11 is 0. The first-order valence-corrected chi connectivity index (χ1v) is 12.2. The third kappa shape index (κ3) is 6.49. The number of hydrogen-bond donors (Lipinski definition) is 1. The van der Waals surface area contributed by atoms with E-state index in [-0.39, 0.29) is 23.8 Å². The number of anilines is 1. The van der Waals surface area contributed by atoms with Gasteiger partial charge in [0.1, 0.15) is 11.6 Å². The first-order valence-electron chi connectivity index (χ1n) is 10.8. The zero-order valence-corrected chi connectivity index (χ0v) is 19.8. The topological polar surface area (TPSA) is 84.3 Å². The fourth-order valence-corrected chi connectivity index (χ4v) is 4.70. The van der Waals surface area contributed by atoms with Crippen molar-refractivity contribution in [2.75, 3.05) is 18.9 Å². The number of carbonyl (C=O) groups is 1. The van der Waals surface area contributed by atoms with Gasteiger partial charge in [0.2, 0.25) is 15.9 Å². The van der Waals surface area contributed by atoms with Crippen LogP contribution in [0.1, 0.15) is 44.0 Å². The van der Waals surface area contributed by atoms with Crippen molar-refractivity contribution >= 4 is 21.6 Å². The van der Waals surface area contributed by atoms with Crippen molar-refractivity contribution in [2.45, 2.75) is 44.0 Å². The van der Waals surface area contributed by atoms with Crippen LogP contribution < -0.4 is 5.32 Å². The van der Waals surface area contributed by atoms with Gasteiger partial charge in [0.05, 0.1) is 4.90 Å². The number of nitrogens with one attached hydrogen (secondary N) is 1. The van der Waals surface area contributed by atoms with Crippen LogP contribution in [0.5, 0.6) is 0 Å². The molecule has 0 radical (unpaired) electrons. The lowest BCUT2D eigenvalue weighted by molar-refractivity contribution is -0.116. The Kier molecular flexibility index (Phi) is 7.99. The molecule has 1 heterocycles. The Balaban J connectivity index is 1.52. The second-order valence-electron chi connectivity index (χ2n) is 8.20. The van der Waals surface area contributed by atoms with E-state index in [1.807, 2.05) is 30.5 Å². The van der Waals surface area contributed by atoms with Gasteiger partial charge >= 0.3 is 0 Å². The van der Waals surface area contributed by atoms with Crippen molar-refractivity contribution in [3.8, 4) is 0 Å². The van der Waals surface area contributed by atoms with Crippen LogP contribution in [0.3, 0.4) is 0 Å². The summed E-state index contributed by atoms with van der Waals surface area (Å²) < 4.78 is 41.4. The molecule has 3 rings (SSSR count). The van der Waals surface area contributed by atoms with E-state index in [2.05, 4.69) is 28.7 Å². The molecule has 9 heteroatoms. The number of aromatic nitrogens is 2. The largest absolute Gasteiger partial charge is 0.330 e. The summed E-state index contributed by atoms with van der Waals surface area (Å²) in [7, 11) is -2.28. The van der Waals surface area contributed by atoms with Crippen molar-refractivity contribution in [1.82, 2.24) is 13.9 Å². The van der Waals surface area contributed by atoms with Crippen molar-refractivity contribution in [3.05, 3.63) is 78.1 Å². The Hall–Kier alpha value is -3.04. The predicted octanol–water partition coefficient (Wildman–Crippen LogP) is 4.23. The quantitative estimate of drug-likeness (QED) is 0.479. The molecule has 0 aliphatic rings. The third-order valence-corrected chi connectivity index (χ3v) is 7.10. The first kappa shape index (κ1) is 24.6. The Bertz CT molecular complexity index is 1190. The Labute approximate surface area is 194 Å². The number of amides is 1. The highest BCUT2D eigenvalue weighted by Crippen LogP contribution is 2.18. The van der Waals surface area contributed by atoms with E-state index in [4.69, 9.17) is 0 Å². The summed E-state index contributed by atoms with van der Waals surface area (Å²) in [5.41, 5.74) is 1.73. The SMILES string of the molecule is CC(C)c1nccn1Cc1cccc(NC(=O)CCCN(C)S(=O)(=O)c2ccc(F)cc2)c1. The van der Waals surface area contributed by atoms with Crippen LogP contribution in [0, 0.1) is 5.82 Å². The molecule has 3 aromatic rings. The van der Waals surface area contributed by atoms with E-state index < -0.39 is 15.8 Å². The third-order valence-electron chi connectivity index (χ3n) is 5.23. The minimum Gasteiger partial charge on any atom is -0.330 e. The van der Waals surface area contributed by atoms with Gasteiger partial charge in [-0.05, 0) is 48.4 Å². The van der Waals surface area contributed by atoms with E-state index in [1.54, 1.807) is 6.20 Å². The van der Waals surface area contributed by atoms with Crippen LogP contribution in [-0.2, 0) is 21.4 Å². The summed E-state index contributed by atoms with van der Waals surface area (Å²) in [5, 5.41) is 2.88. The van der Waals surface area contributed by atoms with Gasteiger partial charge in [0.25, 0.3) is 0 Å². The monoisotopic (exact) mass is 472 g/mol. The van der Waals surface area contributed by atoms with Gasteiger partial charge in [-0.3, -0.25) is 4.79 Å². The molecule has 0 bridgehead atoms. The molecule has 0 fully saturated rings. The number of hydrogen-bond acceptors (Lipinski definition) is 4. The van der Waals surface area contributed by atoms with Crippen molar-refractivity contribution in [2.24, 2.45) is 0 Å². The van der Waals surface area contributed by atoms with Crippen LogP contribution in [0.2, 0.25) is 0 Å². The van der Waals surface area contributed by atoms with E-state index in [9.17, 15) is 17.6 Å². The van der Waals surface area contributed by atoms with Crippen LogP contribution >= 0.6 is 0 Å². The molecule has 0 aliphatic heterocycles. The fraction of sp³-hybridized carbons (Fsp3) is 0.333. The van der Waals surface area contributed by atoms with Gasteiger partial charge in [-0.2, -0.15) is 0 Å². The maximum atomic E-state index is 13.1. The van der Waals surface area contributed by atoms with Crippen LogP contribution in [-0.4, -0.2) is 41.8 Å². The van der Waals surface area contributed by atoms with Gasteiger partial charge in [0.15, 0.2) is 0 Å². The molecule has 0 atom stereocenters. The van der Waals surface area contributed by atoms with Crippen molar-refractivity contribution < 1.29 is 17.6 Å². The number of carbonyl (C=O) groups excluding carboxylic acids is 1. The maximum absolute atomic E-state index is 13.1. The standard InChI is InChI=1S/C24H29FN4O3S/c1-18(2)24-26-13-15-29(24)17-19-6-4-7-21(16-19)27-23(30)8-5-14-28(3)33(31,32)22-11-9-20(25)10-12-22/h4,6-7,9-13,15-16,18H,5,8,14,17H2,1-3H3,(H,27,30). The molecule has 0 spiro atoms. The smallest absolute Gasteiger partial charge is 0.242 e. The highest BCUT2D eigenvalue weighted by Gasteiger charge is 2.20. The average molecular weight is 473 g/mol. The van der Waals surface area contributed by atoms with Gasteiger partial charge in [-0.25, -0.2) is 22.1 Å². The number of rotatable bonds is 10. The zero-order chi connectivity index (χ0) is 24.0. The highest BCUT2D eigenvalue weighted by molar-refractivity contribution is 7.89. The van der Waals surface area contributed by atoms with Gasteiger partial charge < -0.3 is 9.88 Å². The summed E-state index contributed by atoms with van der Waals surface area (Å²) in [4.78, 5) is 16.8. The molecule has 0 saturated carbocycles. The Morgan fingerprint density at radius 3 is 2.61 bits per heavy atom. The number of imidazole rings is 1. The summed E-state index contributed by atoms with van der Waals surface area (Å²) in [6.07, 6.45) is 4.26. The average Bonchev–Trinajstić information content (AvgIpc) is 3.22. The minimum atomic E-state index is -3.73. The second-order valence-corrected chi connectivity index (χ2v) is 10.2.